The van der Waals surface area contributed by atoms with Crippen LogP contribution < -0.4 is 11.2 Å². The van der Waals surface area contributed by atoms with E-state index < -0.39 is 11.6 Å². The third-order valence-electron chi connectivity index (χ3n) is 6.31. The molecule has 32 heavy (non-hydrogen) atoms. The Kier molecular flexibility index (Phi) is 4.43. The van der Waals surface area contributed by atoms with Gasteiger partial charge in [0.15, 0.2) is 0 Å². The number of phenols is 1. The van der Waals surface area contributed by atoms with Crippen molar-refractivity contribution in [3.8, 4) is 17.0 Å². The molecule has 0 saturated heterocycles. The number of fused-ring (bicyclic) bond motifs is 3. The van der Waals surface area contributed by atoms with E-state index in [-0.39, 0.29) is 17.0 Å². The summed E-state index contributed by atoms with van der Waals surface area (Å²) in [7, 11) is 3.20. The van der Waals surface area contributed by atoms with Crippen molar-refractivity contribution in [2.45, 2.75) is 25.5 Å². The maximum Gasteiger partial charge on any atom is 0.331 e. The average Bonchev–Trinajstić information content (AvgIpc) is 3.15. The minimum absolute atomic E-state index is 0.163. The van der Waals surface area contributed by atoms with Crippen LogP contribution in [0.15, 0.2) is 64.2 Å². The predicted octanol–water partition coefficient (Wildman–Crippen LogP) is 3.27. The number of nitrogens with zero attached hydrogens (tertiary/aromatic N) is 3. The summed E-state index contributed by atoms with van der Waals surface area (Å²) in [4.78, 5) is 26.4. The molecule has 3 heterocycles. The minimum atomic E-state index is -0.499. The number of phenolic OH excluding ortho intramolecular Hbond substituents is 1. The lowest BCUT2D eigenvalue weighted by atomic mass is 9.98. The molecule has 0 radical (unpaired) electrons. The van der Waals surface area contributed by atoms with Crippen LogP contribution in [-0.2, 0) is 24.4 Å². The number of hydrogen-bond acceptors (Lipinski definition) is 4. The molecule has 0 spiro atoms. The lowest BCUT2D eigenvalue weighted by molar-refractivity contribution is -0.00708. The van der Waals surface area contributed by atoms with Crippen molar-refractivity contribution in [1.29, 1.82) is 0 Å². The van der Waals surface area contributed by atoms with Crippen LogP contribution in [-0.4, -0.2) is 25.4 Å². The quantitative estimate of drug-likeness (QED) is 0.528. The van der Waals surface area contributed by atoms with E-state index in [1.807, 2.05) is 42.5 Å². The summed E-state index contributed by atoms with van der Waals surface area (Å²) in [6, 6.07) is 16.6. The van der Waals surface area contributed by atoms with E-state index in [1.54, 1.807) is 19.2 Å². The maximum atomic E-state index is 13.5. The number of benzene rings is 2. The molecule has 1 atom stereocenters. The third kappa shape index (κ3) is 2.78. The Morgan fingerprint density at radius 2 is 1.62 bits per heavy atom. The lowest BCUT2D eigenvalue weighted by Crippen LogP contribution is -2.40. The van der Waals surface area contributed by atoms with Gasteiger partial charge in [-0.25, -0.2) is 4.79 Å². The van der Waals surface area contributed by atoms with Crippen LogP contribution in [0.2, 0.25) is 0 Å². The molecular weight excluding hydrogens is 406 g/mol. The molecule has 4 aromatic rings. The van der Waals surface area contributed by atoms with Gasteiger partial charge < -0.3 is 14.4 Å². The molecule has 7 heteroatoms. The Labute approximate surface area is 184 Å². The largest absolute Gasteiger partial charge is 0.508 e. The van der Waals surface area contributed by atoms with Gasteiger partial charge in [-0.3, -0.25) is 13.9 Å². The molecule has 5 rings (SSSR count). The van der Waals surface area contributed by atoms with Crippen molar-refractivity contribution in [1.82, 2.24) is 13.7 Å². The first kappa shape index (κ1) is 20.3. The number of aromatic nitrogens is 3. The molecule has 1 N–H and O–H groups in total. The Morgan fingerprint density at radius 1 is 0.969 bits per heavy atom. The van der Waals surface area contributed by atoms with Gasteiger partial charge in [0.25, 0.3) is 5.56 Å². The first-order valence-electron chi connectivity index (χ1n) is 10.5. The highest BCUT2D eigenvalue weighted by Gasteiger charge is 2.40. The van der Waals surface area contributed by atoms with Gasteiger partial charge in [0.1, 0.15) is 11.9 Å². The Hall–Kier alpha value is -3.58. The molecule has 0 bridgehead atoms. The van der Waals surface area contributed by atoms with E-state index in [0.29, 0.717) is 17.5 Å². The fourth-order valence-electron chi connectivity index (χ4n) is 4.77. The number of aromatic hydroxyl groups is 1. The van der Waals surface area contributed by atoms with Crippen LogP contribution in [0.4, 0.5) is 0 Å². The van der Waals surface area contributed by atoms with Gasteiger partial charge in [-0.2, -0.15) is 0 Å². The summed E-state index contributed by atoms with van der Waals surface area (Å²) in [6.45, 7) is 4.55. The molecule has 2 aromatic carbocycles. The average molecular weight is 431 g/mol. The van der Waals surface area contributed by atoms with Crippen molar-refractivity contribution >= 4 is 10.9 Å². The molecule has 7 nitrogen and oxygen atoms in total. The smallest absolute Gasteiger partial charge is 0.331 e. The van der Waals surface area contributed by atoms with Gasteiger partial charge in [-0.15, -0.1) is 0 Å². The fourth-order valence-corrected chi connectivity index (χ4v) is 4.77. The normalized spacial score (nSPS) is 17.4. The van der Waals surface area contributed by atoms with Crippen LogP contribution in [0.1, 0.15) is 31.2 Å². The second-order valence-corrected chi connectivity index (χ2v) is 8.96. The van der Waals surface area contributed by atoms with Gasteiger partial charge in [-0.05, 0) is 37.1 Å². The second-order valence-electron chi connectivity index (χ2n) is 8.96. The summed E-state index contributed by atoms with van der Waals surface area (Å²) >= 11 is 0. The van der Waals surface area contributed by atoms with E-state index in [2.05, 4.69) is 18.4 Å². The van der Waals surface area contributed by atoms with E-state index in [0.717, 1.165) is 27.1 Å². The van der Waals surface area contributed by atoms with Gasteiger partial charge >= 0.3 is 5.69 Å². The molecule has 1 aliphatic rings. The molecule has 0 unspecified atom stereocenters. The molecule has 0 aliphatic carbocycles. The minimum Gasteiger partial charge on any atom is -0.508 e. The molecular formula is C25H25N3O4. The first-order chi connectivity index (χ1) is 15.2. The Balaban J connectivity index is 2.01. The summed E-state index contributed by atoms with van der Waals surface area (Å²) in [5.41, 5.74) is 2.68. The van der Waals surface area contributed by atoms with Crippen LogP contribution in [0.25, 0.3) is 22.2 Å². The highest BCUT2D eigenvalue weighted by atomic mass is 16.5. The molecule has 0 fully saturated rings. The monoisotopic (exact) mass is 431 g/mol. The second kappa shape index (κ2) is 6.97. The summed E-state index contributed by atoms with van der Waals surface area (Å²) < 4.78 is 11.2. The van der Waals surface area contributed by atoms with Crippen molar-refractivity contribution in [2.75, 3.05) is 6.61 Å². The topological polar surface area (TPSA) is 78.4 Å². The van der Waals surface area contributed by atoms with Crippen molar-refractivity contribution in [3.63, 3.8) is 0 Å². The van der Waals surface area contributed by atoms with Crippen LogP contribution in [0, 0.1) is 0 Å². The zero-order chi connectivity index (χ0) is 22.8. The predicted molar refractivity (Wildman–Crippen MR) is 123 cm³/mol. The highest BCUT2D eigenvalue weighted by molar-refractivity contribution is 5.96. The standard InChI is InChI=1S/C25H25N3O4/c1-25(2)14-32-22(16-10-12-17(29)13-11-16)21-20-18(23(30)27(4)24(31)26(20)3)19(28(21)25)15-8-6-5-7-9-15/h5-13,22,29H,14H2,1-4H3/t22-/m1/s1. The van der Waals surface area contributed by atoms with Gasteiger partial charge in [0.05, 0.1) is 34.4 Å². The van der Waals surface area contributed by atoms with Crippen molar-refractivity contribution < 1.29 is 9.84 Å². The zero-order valence-corrected chi connectivity index (χ0v) is 18.5. The van der Waals surface area contributed by atoms with E-state index >= 15 is 0 Å². The molecule has 2 aromatic heterocycles. The van der Waals surface area contributed by atoms with E-state index in [1.165, 1.54) is 11.6 Å². The highest BCUT2D eigenvalue weighted by Crippen LogP contribution is 2.45. The number of ether oxygens (including phenoxy) is 1. The van der Waals surface area contributed by atoms with E-state index in [4.69, 9.17) is 4.74 Å². The van der Waals surface area contributed by atoms with Crippen molar-refractivity contribution in [2.24, 2.45) is 14.1 Å². The fraction of sp³-hybridized carbons (Fsp3) is 0.280. The molecule has 1 aliphatic heterocycles. The molecule has 0 amide bonds. The Bertz CT molecular complexity index is 1460. The zero-order valence-electron chi connectivity index (χ0n) is 18.5. The van der Waals surface area contributed by atoms with Gasteiger partial charge in [0.2, 0.25) is 0 Å². The van der Waals surface area contributed by atoms with Crippen LogP contribution >= 0.6 is 0 Å². The van der Waals surface area contributed by atoms with Crippen LogP contribution in [0.5, 0.6) is 5.75 Å². The van der Waals surface area contributed by atoms with Gasteiger partial charge in [-0.1, -0.05) is 42.5 Å². The SMILES string of the molecule is Cn1c(=O)c2c(-c3ccccc3)n3c(c2n(C)c1=O)[C@@H](c1ccc(O)cc1)OCC3(C)C. The Morgan fingerprint density at radius 3 is 2.28 bits per heavy atom. The first-order valence-corrected chi connectivity index (χ1v) is 10.5. The number of aryl methyl sites for hydroxylation is 1. The number of hydrogen-bond donors (Lipinski definition) is 1. The van der Waals surface area contributed by atoms with Crippen LogP contribution in [0.3, 0.4) is 0 Å². The third-order valence-corrected chi connectivity index (χ3v) is 6.31. The summed E-state index contributed by atoms with van der Waals surface area (Å²) in [6.07, 6.45) is -0.499. The summed E-state index contributed by atoms with van der Waals surface area (Å²) in [5, 5.41) is 10.3. The molecule has 0 saturated carbocycles. The molecule has 164 valence electrons. The van der Waals surface area contributed by atoms with Crippen molar-refractivity contribution in [3.05, 3.63) is 86.7 Å². The summed E-state index contributed by atoms with van der Waals surface area (Å²) in [5.74, 6) is 0.163. The lowest BCUT2D eigenvalue weighted by Gasteiger charge is -2.39. The number of rotatable bonds is 2. The van der Waals surface area contributed by atoms with Gasteiger partial charge in [0, 0.05) is 14.1 Å². The van der Waals surface area contributed by atoms with E-state index in [9.17, 15) is 14.7 Å². The maximum absolute atomic E-state index is 13.5.